The molecule has 0 saturated carbocycles. The second-order valence-corrected chi connectivity index (χ2v) is 5.46. The SMILES string of the molecule is CC(CN1CCCC1)NCc1ccc(Cl)cc1F. The van der Waals surface area contributed by atoms with Crippen LogP contribution in [0, 0.1) is 5.82 Å². The molecule has 1 aliphatic rings. The number of benzene rings is 1. The van der Waals surface area contributed by atoms with E-state index in [1.165, 1.54) is 32.0 Å². The molecule has 1 unspecified atom stereocenters. The van der Waals surface area contributed by atoms with Crippen molar-refractivity contribution in [1.82, 2.24) is 10.2 Å². The monoisotopic (exact) mass is 270 g/mol. The van der Waals surface area contributed by atoms with E-state index in [1.54, 1.807) is 12.1 Å². The summed E-state index contributed by atoms with van der Waals surface area (Å²) in [4.78, 5) is 2.45. The Hall–Kier alpha value is -0.640. The van der Waals surface area contributed by atoms with Crippen molar-refractivity contribution in [2.24, 2.45) is 0 Å². The van der Waals surface area contributed by atoms with Gasteiger partial charge in [0.15, 0.2) is 0 Å². The summed E-state index contributed by atoms with van der Waals surface area (Å²) in [6, 6.07) is 5.21. The van der Waals surface area contributed by atoms with Gasteiger partial charge < -0.3 is 10.2 Å². The normalized spacial score (nSPS) is 18.2. The Kier molecular flexibility index (Phi) is 4.98. The van der Waals surface area contributed by atoms with Crippen LogP contribution < -0.4 is 5.32 Å². The van der Waals surface area contributed by atoms with Gasteiger partial charge in [-0.3, -0.25) is 0 Å². The number of halogens is 2. The molecule has 4 heteroatoms. The second kappa shape index (κ2) is 6.50. The Morgan fingerprint density at radius 1 is 1.39 bits per heavy atom. The van der Waals surface area contributed by atoms with Crippen molar-refractivity contribution in [2.75, 3.05) is 19.6 Å². The number of hydrogen-bond acceptors (Lipinski definition) is 2. The molecule has 0 aliphatic carbocycles. The average molecular weight is 271 g/mol. The van der Waals surface area contributed by atoms with Crippen molar-refractivity contribution in [1.29, 1.82) is 0 Å². The summed E-state index contributed by atoms with van der Waals surface area (Å²) < 4.78 is 13.6. The summed E-state index contributed by atoms with van der Waals surface area (Å²) in [5, 5.41) is 3.81. The highest BCUT2D eigenvalue weighted by Gasteiger charge is 2.14. The summed E-state index contributed by atoms with van der Waals surface area (Å²) in [7, 11) is 0. The van der Waals surface area contributed by atoms with Crippen molar-refractivity contribution in [3.05, 3.63) is 34.6 Å². The van der Waals surface area contributed by atoms with E-state index in [0.29, 0.717) is 23.2 Å². The molecular formula is C14H20ClFN2. The van der Waals surface area contributed by atoms with Crippen LogP contribution in [0.1, 0.15) is 25.3 Å². The molecule has 1 aromatic carbocycles. The van der Waals surface area contributed by atoms with Crippen molar-refractivity contribution in [2.45, 2.75) is 32.4 Å². The minimum Gasteiger partial charge on any atom is -0.309 e. The lowest BCUT2D eigenvalue weighted by molar-refractivity contribution is 0.297. The van der Waals surface area contributed by atoms with Crippen LogP contribution in [0.4, 0.5) is 4.39 Å². The van der Waals surface area contributed by atoms with Crippen molar-refractivity contribution >= 4 is 11.6 Å². The predicted octanol–water partition coefficient (Wildman–Crippen LogP) is 3.05. The molecule has 1 fully saturated rings. The fourth-order valence-corrected chi connectivity index (χ4v) is 2.53. The molecular weight excluding hydrogens is 251 g/mol. The first-order chi connectivity index (χ1) is 8.65. The molecule has 1 atom stereocenters. The molecule has 0 radical (unpaired) electrons. The summed E-state index contributed by atoms with van der Waals surface area (Å²) in [6.07, 6.45) is 2.61. The van der Waals surface area contributed by atoms with E-state index >= 15 is 0 Å². The molecule has 1 aliphatic heterocycles. The van der Waals surface area contributed by atoms with Gasteiger partial charge in [0.1, 0.15) is 5.82 Å². The van der Waals surface area contributed by atoms with Gasteiger partial charge >= 0.3 is 0 Å². The standard InChI is InChI=1S/C14H20ClFN2/c1-11(10-18-6-2-3-7-18)17-9-12-4-5-13(15)8-14(12)16/h4-5,8,11,17H,2-3,6-7,9-10H2,1H3. The van der Waals surface area contributed by atoms with E-state index in [0.717, 1.165) is 6.54 Å². The average Bonchev–Trinajstić information content (AvgIpc) is 2.80. The van der Waals surface area contributed by atoms with Crippen LogP contribution in [-0.4, -0.2) is 30.6 Å². The van der Waals surface area contributed by atoms with Crippen LogP contribution in [0.15, 0.2) is 18.2 Å². The molecule has 1 saturated heterocycles. The third-order valence-corrected chi connectivity index (χ3v) is 3.62. The molecule has 18 heavy (non-hydrogen) atoms. The van der Waals surface area contributed by atoms with Gasteiger partial charge in [-0.15, -0.1) is 0 Å². The van der Waals surface area contributed by atoms with Crippen LogP contribution in [0.5, 0.6) is 0 Å². The van der Waals surface area contributed by atoms with Crippen molar-refractivity contribution in [3.63, 3.8) is 0 Å². The van der Waals surface area contributed by atoms with Crippen LogP contribution in [0.25, 0.3) is 0 Å². The van der Waals surface area contributed by atoms with Gasteiger partial charge in [0.25, 0.3) is 0 Å². The van der Waals surface area contributed by atoms with Gasteiger partial charge in [0.05, 0.1) is 0 Å². The van der Waals surface area contributed by atoms with Crippen LogP contribution in [0.3, 0.4) is 0 Å². The Morgan fingerprint density at radius 3 is 2.78 bits per heavy atom. The summed E-state index contributed by atoms with van der Waals surface area (Å²) in [5.41, 5.74) is 0.674. The fourth-order valence-electron chi connectivity index (χ4n) is 2.37. The van der Waals surface area contributed by atoms with Gasteiger partial charge in [0.2, 0.25) is 0 Å². The number of likely N-dealkylation sites (tertiary alicyclic amines) is 1. The first-order valence-electron chi connectivity index (χ1n) is 6.55. The maximum Gasteiger partial charge on any atom is 0.129 e. The molecule has 2 rings (SSSR count). The summed E-state index contributed by atoms with van der Waals surface area (Å²) in [6.45, 7) is 6.13. The third-order valence-electron chi connectivity index (χ3n) is 3.39. The van der Waals surface area contributed by atoms with Gasteiger partial charge in [-0.05, 0) is 45.0 Å². The molecule has 1 N–H and O–H groups in total. The van der Waals surface area contributed by atoms with E-state index in [4.69, 9.17) is 11.6 Å². The highest BCUT2D eigenvalue weighted by molar-refractivity contribution is 6.30. The van der Waals surface area contributed by atoms with E-state index < -0.39 is 0 Å². The molecule has 0 bridgehead atoms. The second-order valence-electron chi connectivity index (χ2n) is 5.03. The van der Waals surface area contributed by atoms with E-state index in [9.17, 15) is 4.39 Å². The lowest BCUT2D eigenvalue weighted by Crippen LogP contribution is -2.37. The third kappa shape index (κ3) is 3.94. The van der Waals surface area contributed by atoms with Crippen molar-refractivity contribution < 1.29 is 4.39 Å². The Bertz CT molecular complexity index is 391. The van der Waals surface area contributed by atoms with E-state index in [1.807, 2.05) is 0 Å². The zero-order valence-corrected chi connectivity index (χ0v) is 11.5. The lowest BCUT2D eigenvalue weighted by atomic mass is 10.2. The zero-order chi connectivity index (χ0) is 13.0. The largest absolute Gasteiger partial charge is 0.309 e. The first-order valence-corrected chi connectivity index (χ1v) is 6.92. The van der Waals surface area contributed by atoms with Crippen LogP contribution in [-0.2, 0) is 6.54 Å². The number of nitrogens with one attached hydrogen (secondary N) is 1. The predicted molar refractivity (Wildman–Crippen MR) is 73.4 cm³/mol. The molecule has 1 aromatic rings. The topological polar surface area (TPSA) is 15.3 Å². The quantitative estimate of drug-likeness (QED) is 0.885. The van der Waals surface area contributed by atoms with Gasteiger partial charge in [-0.25, -0.2) is 4.39 Å². The van der Waals surface area contributed by atoms with E-state index in [-0.39, 0.29) is 5.82 Å². The minimum absolute atomic E-state index is 0.233. The molecule has 1 heterocycles. The Morgan fingerprint density at radius 2 is 2.11 bits per heavy atom. The highest BCUT2D eigenvalue weighted by Crippen LogP contribution is 2.14. The molecule has 100 valence electrons. The van der Waals surface area contributed by atoms with Crippen LogP contribution >= 0.6 is 11.6 Å². The smallest absolute Gasteiger partial charge is 0.129 e. The Labute approximate surface area is 113 Å². The highest BCUT2D eigenvalue weighted by atomic mass is 35.5. The first kappa shape index (κ1) is 13.8. The number of nitrogens with zero attached hydrogens (tertiary/aromatic N) is 1. The number of hydrogen-bond donors (Lipinski definition) is 1. The van der Waals surface area contributed by atoms with Crippen molar-refractivity contribution in [3.8, 4) is 0 Å². The fraction of sp³-hybridized carbons (Fsp3) is 0.571. The number of rotatable bonds is 5. The van der Waals surface area contributed by atoms with Crippen LogP contribution in [0.2, 0.25) is 5.02 Å². The zero-order valence-electron chi connectivity index (χ0n) is 10.8. The lowest BCUT2D eigenvalue weighted by Gasteiger charge is -2.21. The molecule has 0 aromatic heterocycles. The molecule has 2 nitrogen and oxygen atoms in total. The summed E-state index contributed by atoms with van der Waals surface area (Å²) in [5.74, 6) is -0.233. The Balaban J connectivity index is 1.79. The minimum atomic E-state index is -0.233. The summed E-state index contributed by atoms with van der Waals surface area (Å²) >= 11 is 5.73. The maximum absolute atomic E-state index is 13.6. The van der Waals surface area contributed by atoms with Gasteiger partial charge in [0, 0.05) is 29.7 Å². The molecule has 0 amide bonds. The van der Waals surface area contributed by atoms with Gasteiger partial charge in [-0.1, -0.05) is 17.7 Å². The van der Waals surface area contributed by atoms with E-state index in [2.05, 4.69) is 17.1 Å². The van der Waals surface area contributed by atoms with Gasteiger partial charge in [-0.2, -0.15) is 0 Å². The maximum atomic E-state index is 13.6. The molecule has 0 spiro atoms.